The topological polar surface area (TPSA) is 355 Å². The highest BCUT2D eigenvalue weighted by Crippen LogP contribution is 2.31. The Morgan fingerprint density at radius 2 is 0.900 bits per heavy atom. The van der Waals surface area contributed by atoms with Gasteiger partial charge >= 0.3 is 42.6 Å². The quantitative estimate of drug-likeness (QED) is 0.0167. The second kappa shape index (κ2) is 39.4. The minimum Gasteiger partial charge on any atom is -0.444 e. The first-order valence-corrected chi connectivity index (χ1v) is 39.9. The normalized spacial score (nSPS) is 15.2. The first kappa shape index (κ1) is 89.0. The fourth-order valence-electron chi connectivity index (χ4n) is 13.8. The smallest absolute Gasteiger partial charge is 0.444 e. The van der Waals surface area contributed by atoms with Gasteiger partial charge in [-0.2, -0.15) is 28.1 Å². The number of nitrogens with one attached hydrogen (secondary N) is 7. The number of H-pyrrole nitrogens is 3. The van der Waals surface area contributed by atoms with Gasteiger partial charge in [0, 0.05) is 49.4 Å². The van der Waals surface area contributed by atoms with Gasteiger partial charge in [0.2, 0.25) is 24.1 Å². The lowest BCUT2D eigenvalue weighted by Gasteiger charge is -2.24. The highest BCUT2D eigenvalue weighted by Gasteiger charge is 2.32. The fourth-order valence-corrected chi connectivity index (χ4v) is 14.3. The van der Waals surface area contributed by atoms with Crippen molar-refractivity contribution in [2.45, 2.75) is 119 Å². The molecule has 120 heavy (non-hydrogen) atoms. The first-order valence-electron chi connectivity index (χ1n) is 38.8. The average molecular weight is 1770 g/mol. The minimum absolute atomic E-state index is 0.167. The van der Waals surface area contributed by atoms with E-state index in [4.69, 9.17) is 24.3 Å². The molecule has 3 aliphatic heterocycles. The van der Waals surface area contributed by atoms with Crippen LogP contribution in [0, 0.1) is 59.5 Å². The molecule has 28 nitrogen and oxygen atoms in total. The number of amides is 2. The molecule has 12 aromatic rings. The van der Waals surface area contributed by atoms with Crippen LogP contribution in [0.3, 0.4) is 0 Å². The van der Waals surface area contributed by atoms with Gasteiger partial charge in [-0.3, -0.25) is 18.5 Å². The van der Waals surface area contributed by atoms with Gasteiger partial charge in [-0.25, -0.2) is 52.1 Å². The van der Waals surface area contributed by atoms with Gasteiger partial charge in [-0.1, -0.05) is 84.9 Å². The Hall–Kier alpha value is -11.8. The number of nitrogens with zero attached hydrogens (tertiary/aromatic N) is 11. The zero-order chi connectivity index (χ0) is 86.3. The molecular weight excluding hydrogens is 1670 g/mol. The minimum atomic E-state index is -4.64. The number of carbonyl (C=O) groups excluding carboxylic acids is 3. The van der Waals surface area contributed by atoms with Gasteiger partial charge in [0.15, 0.2) is 16.9 Å². The van der Waals surface area contributed by atoms with Gasteiger partial charge in [-0.15, -0.1) is 0 Å². The van der Waals surface area contributed by atoms with Crippen molar-refractivity contribution in [3.05, 3.63) is 232 Å². The molecule has 2 amide bonds. The predicted molar refractivity (Wildman–Crippen MR) is 455 cm³/mol. The van der Waals surface area contributed by atoms with Crippen molar-refractivity contribution in [3.63, 3.8) is 0 Å². The Labute approximate surface area is 700 Å². The second-order valence-corrected chi connectivity index (χ2v) is 32.5. The van der Waals surface area contributed by atoms with Crippen LogP contribution in [0.1, 0.15) is 94.2 Å². The van der Waals surface area contributed by atoms with Crippen molar-refractivity contribution in [3.8, 4) is 22.3 Å². The number of carbonyl (C=O) groups is 3. The lowest BCUT2D eigenvalue weighted by Crippen LogP contribution is -2.35. The van der Waals surface area contributed by atoms with E-state index in [0.717, 1.165) is 104 Å². The molecule has 3 atom stereocenters. The van der Waals surface area contributed by atoms with Crippen molar-refractivity contribution in [1.82, 2.24) is 73.7 Å². The summed E-state index contributed by atoms with van der Waals surface area (Å²) >= 11 is 2.30. The molecule has 3 fully saturated rings. The summed E-state index contributed by atoms with van der Waals surface area (Å²) in [5, 5.41) is 30.3. The Balaban J connectivity index is 0.000000161. The van der Waals surface area contributed by atoms with Crippen LogP contribution in [-0.4, -0.2) is 180 Å². The highest BCUT2D eigenvalue weighted by atomic mass is 127. The van der Waals surface area contributed by atoms with Gasteiger partial charge < -0.3 is 65.5 Å². The summed E-state index contributed by atoms with van der Waals surface area (Å²) in [4.78, 5) is 110. The Bertz CT molecular complexity index is 5800. The van der Waals surface area contributed by atoms with E-state index in [0.29, 0.717) is 116 Å². The van der Waals surface area contributed by atoms with Crippen LogP contribution in [0.4, 0.5) is 53.8 Å². The zero-order valence-corrected chi connectivity index (χ0v) is 69.7. The molecule has 3 saturated heterocycles. The molecule has 0 saturated carbocycles. The molecule has 9 N–H and O–H groups in total. The number of halogens is 7. The summed E-state index contributed by atoms with van der Waals surface area (Å²) in [5.41, 5.74) is 11.3. The third kappa shape index (κ3) is 24.3. The lowest BCUT2D eigenvalue weighted by atomic mass is 9.80. The number of hydrogen-bond donors (Lipinski definition) is 9. The molecule has 6 aromatic heterocycles. The maximum absolute atomic E-state index is 13.8. The predicted octanol–water partition coefficient (Wildman–Crippen LogP) is 12.3. The Morgan fingerprint density at radius 3 is 1.25 bits per heavy atom. The number of imidazole rings is 3. The number of benzene rings is 6. The molecule has 9 heterocycles. The van der Waals surface area contributed by atoms with Crippen molar-refractivity contribution in [2.75, 3.05) is 74.9 Å². The van der Waals surface area contributed by atoms with E-state index in [1.165, 1.54) is 42.5 Å². The van der Waals surface area contributed by atoms with Gasteiger partial charge in [0.05, 0.1) is 38.2 Å². The third-order valence-electron chi connectivity index (χ3n) is 20.0. The van der Waals surface area contributed by atoms with E-state index in [9.17, 15) is 50.3 Å². The van der Waals surface area contributed by atoms with Crippen LogP contribution < -0.4 is 43.8 Å². The van der Waals surface area contributed by atoms with E-state index < -0.39 is 36.6 Å². The number of fused-ring (bicyclic) bond motifs is 3. The summed E-state index contributed by atoms with van der Waals surface area (Å²) in [6.07, 6.45) is 1.47. The summed E-state index contributed by atoms with van der Waals surface area (Å²) < 4.78 is 88.1. The lowest BCUT2D eigenvalue weighted by molar-refractivity contribution is -0.156. The summed E-state index contributed by atoms with van der Waals surface area (Å²) in [7, 11) is -1.59. The molecule has 15 rings (SSSR count). The van der Waals surface area contributed by atoms with E-state index in [2.05, 4.69) is 102 Å². The number of aromatic amines is 3. The van der Waals surface area contributed by atoms with Crippen LogP contribution in [0.15, 0.2) is 160 Å². The van der Waals surface area contributed by atoms with Crippen LogP contribution in [0.25, 0.3) is 55.7 Å². The zero-order valence-electron chi connectivity index (χ0n) is 67.6. The molecule has 36 heteroatoms. The van der Waals surface area contributed by atoms with E-state index in [1.807, 2.05) is 116 Å². The maximum atomic E-state index is 13.8. The number of aromatic nitrogens is 12. The molecule has 0 unspecified atom stereocenters. The molecule has 0 aliphatic carbocycles. The van der Waals surface area contributed by atoms with Crippen molar-refractivity contribution < 1.29 is 60.2 Å². The van der Waals surface area contributed by atoms with E-state index in [-0.39, 0.29) is 58.2 Å². The molecule has 632 valence electrons. The third-order valence-corrected chi connectivity index (χ3v) is 21.2. The number of alkyl halides is 3. The Morgan fingerprint density at radius 1 is 0.533 bits per heavy atom. The molecule has 0 bridgehead atoms. The number of aldehydes is 1. The van der Waals surface area contributed by atoms with Crippen molar-refractivity contribution in [1.29, 1.82) is 0 Å². The van der Waals surface area contributed by atoms with Gasteiger partial charge in [-0.05, 0) is 239 Å². The average Bonchev–Trinajstić information content (AvgIpc) is 1.62. The van der Waals surface area contributed by atoms with Crippen LogP contribution in [0.5, 0.6) is 0 Å². The molecule has 0 radical (unpaired) electrons. The largest absolute Gasteiger partial charge is 0.488 e. The summed E-state index contributed by atoms with van der Waals surface area (Å²) in [6.45, 7) is 24.9. The van der Waals surface area contributed by atoms with Gasteiger partial charge in [0.1, 0.15) is 45.2 Å². The van der Waals surface area contributed by atoms with Gasteiger partial charge in [0.25, 0.3) is 0 Å². The number of rotatable bonds is 18. The SMILES string of the molecule is Cc1c(Cn2c(=O)[nH]c3cnc(NC[C@@H]4CCN(C(=O)OC(C)(C)C)C4)nc32)cccc1-c1cccc(F)c1.Cc1c(Cn2c(=O)[nH]c3cnc(NC[C@@H]4CCNC4)nc32)cccc1-c1cccc(F)c1.Cc1c(I)cccc1Cn1c(=O)[nH]c2cnc(NC[C@@H]3CCN(C(=O)OC(C)(C)C)C3)nc21.O=CC(F)(F)F.OB(O)c1cccc(F)c1. The standard InChI is InChI=1S/C29H33FN6O3.C24H25FN6O.C23H29IN6O3.C6H6BFO2.C2HF3O/c1-18-21(8-6-10-23(18)20-7-5-9-22(30)13-20)17-36-25-24(33-27(36)37)15-32-26(34-25)31-14-19-11-12-35(16-19)28(38)39-29(2,3)4;1-15-18(5-3-7-20(15)17-4-2-6-19(25)10-17)14-31-22-21(29-24(31)32)13-28-23(30-22)27-12-16-8-9-26-11-16;1-14-16(6-5-7-17(14)24)13-30-19-18(27-21(30)31)11-26-20(28-19)25-10-15-8-9-29(12-15)22(32)33-23(2,3)4;8-6-3-1-2-5(4-6)7(9)10;3-2(4,5)1-6/h5-10,13,15,19H,11-12,14,16-17H2,1-4H3,(H,33,37)(H,31,32,34);2-7,10,13,16,26H,8-9,11-12,14H2,1H3,(H,29,32)(H,27,28,30);5-7,11,15H,8-10,12-13H2,1-4H3,(H,27,31)(H,25,26,28);1-4,9-10H;1H/t19-;16-;15-;;/m010../s1. The fraction of sp³-hybridized carbons (Fsp3) is 0.357. The summed E-state index contributed by atoms with van der Waals surface area (Å²) in [5.74, 6) is 1.42. The first-order chi connectivity index (χ1) is 57.0. The number of likely N-dealkylation sites (tertiary alicyclic amines) is 2. The Kier molecular flexibility index (Phi) is 29.2. The second-order valence-electron chi connectivity index (χ2n) is 31.3. The van der Waals surface area contributed by atoms with E-state index >= 15 is 0 Å². The number of hydrogen-bond acceptors (Lipinski definition) is 20. The van der Waals surface area contributed by atoms with Crippen molar-refractivity contribution in [2.24, 2.45) is 17.8 Å². The van der Waals surface area contributed by atoms with Crippen LogP contribution in [-0.2, 0) is 33.9 Å². The highest BCUT2D eigenvalue weighted by molar-refractivity contribution is 14.1. The number of anilines is 3. The van der Waals surface area contributed by atoms with Crippen molar-refractivity contribution >= 4 is 105 Å². The van der Waals surface area contributed by atoms with Crippen LogP contribution in [0.2, 0.25) is 0 Å². The van der Waals surface area contributed by atoms with Crippen LogP contribution >= 0.6 is 22.6 Å². The van der Waals surface area contributed by atoms with E-state index in [1.54, 1.807) is 54.2 Å². The molecule has 6 aromatic carbocycles. The molecular formula is C84H94BF6IN18O10. The molecule has 3 aliphatic rings. The summed E-state index contributed by atoms with van der Waals surface area (Å²) in [6, 6.07) is 36.0. The molecule has 0 spiro atoms. The monoisotopic (exact) mass is 1770 g/mol. The maximum Gasteiger partial charge on any atom is 0.488 e. The number of ether oxygens (including phenoxy) is 2.